The lowest BCUT2D eigenvalue weighted by Crippen LogP contribution is -2.07. The standard InChI is InChI=1S/C7H5F3N2O3/c8-4-1-3(12(13)14)2-5(11)6(4)15-7(9)10/h1-2,7H,11H2. The molecule has 0 fully saturated rings. The van der Waals surface area contributed by atoms with Gasteiger partial charge in [0.1, 0.15) is 0 Å². The molecule has 0 aliphatic carbocycles. The molecular weight excluding hydrogens is 217 g/mol. The summed E-state index contributed by atoms with van der Waals surface area (Å²) in [6.07, 6.45) is 0. The van der Waals surface area contributed by atoms with Crippen molar-refractivity contribution in [1.82, 2.24) is 0 Å². The molecule has 0 atom stereocenters. The molecule has 0 aromatic heterocycles. The van der Waals surface area contributed by atoms with E-state index in [0.29, 0.717) is 6.07 Å². The van der Waals surface area contributed by atoms with Gasteiger partial charge in [-0.2, -0.15) is 8.78 Å². The van der Waals surface area contributed by atoms with Crippen molar-refractivity contribution < 1.29 is 22.8 Å². The number of nitrogens with zero attached hydrogens (tertiary/aromatic N) is 1. The number of nitrogen functional groups attached to an aromatic ring is 1. The molecule has 0 spiro atoms. The van der Waals surface area contributed by atoms with Crippen molar-refractivity contribution in [2.24, 2.45) is 0 Å². The fourth-order valence-electron chi connectivity index (χ4n) is 0.919. The summed E-state index contributed by atoms with van der Waals surface area (Å²) in [6, 6.07) is 1.19. The van der Waals surface area contributed by atoms with E-state index < -0.39 is 34.5 Å². The number of rotatable bonds is 3. The Morgan fingerprint density at radius 3 is 2.47 bits per heavy atom. The summed E-state index contributed by atoms with van der Waals surface area (Å²) >= 11 is 0. The molecular formula is C7H5F3N2O3. The van der Waals surface area contributed by atoms with Gasteiger partial charge in [0.15, 0.2) is 11.6 Å². The average molecular weight is 222 g/mol. The van der Waals surface area contributed by atoms with Crippen LogP contribution in [0, 0.1) is 15.9 Å². The van der Waals surface area contributed by atoms with E-state index in [0.717, 1.165) is 6.07 Å². The van der Waals surface area contributed by atoms with E-state index in [2.05, 4.69) is 4.74 Å². The maximum atomic E-state index is 13.0. The third-order valence-corrected chi connectivity index (χ3v) is 1.47. The molecule has 0 amide bonds. The monoisotopic (exact) mass is 222 g/mol. The molecule has 0 aliphatic heterocycles. The zero-order valence-electron chi connectivity index (χ0n) is 7.12. The number of non-ortho nitro benzene ring substituents is 1. The van der Waals surface area contributed by atoms with Crippen molar-refractivity contribution in [2.75, 3.05) is 5.73 Å². The predicted octanol–water partition coefficient (Wildman–Crippen LogP) is 1.92. The highest BCUT2D eigenvalue weighted by Crippen LogP contribution is 2.31. The number of alkyl halides is 2. The summed E-state index contributed by atoms with van der Waals surface area (Å²) in [5.74, 6) is -2.20. The predicted molar refractivity (Wildman–Crippen MR) is 44.1 cm³/mol. The number of hydrogen-bond donors (Lipinski definition) is 1. The highest BCUT2D eigenvalue weighted by molar-refractivity contribution is 5.59. The first-order chi connectivity index (χ1) is 6.91. The number of anilines is 1. The highest BCUT2D eigenvalue weighted by Gasteiger charge is 2.18. The van der Waals surface area contributed by atoms with Gasteiger partial charge >= 0.3 is 6.61 Å². The smallest absolute Gasteiger partial charge is 0.387 e. The van der Waals surface area contributed by atoms with Gasteiger partial charge in [-0.3, -0.25) is 10.1 Å². The molecule has 1 aromatic carbocycles. The van der Waals surface area contributed by atoms with Gasteiger partial charge in [0.25, 0.3) is 5.69 Å². The Morgan fingerprint density at radius 2 is 2.07 bits per heavy atom. The Hall–Kier alpha value is -1.99. The molecule has 82 valence electrons. The van der Waals surface area contributed by atoms with Crippen LogP contribution in [0.15, 0.2) is 12.1 Å². The lowest BCUT2D eigenvalue weighted by Gasteiger charge is -2.07. The van der Waals surface area contributed by atoms with Gasteiger partial charge in [0.05, 0.1) is 16.7 Å². The second kappa shape index (κ2) is 4.03. The van der Waals surface area contributed by atoms with Crippen molar-refractivity contribution in [3.8, 4) is 5.75 Å². The van der Waals surface area contributed by atoms with Gasteiger partial charge in [0, 0.05) is 6.07 Å². The van der Waals surface area contributed by atoms with Crippen molar-refractivity contribution in [1.29, 1.82) is 0 Å². The summed E-state index contributed by atoms with van der Waals surface area (Å²) < 4.78 is 40.3. The van der Waals surface area contributed by atoms with E-state index in [1.807, 2.05) is 0 Å². The Kier molecular flexibility index (Phi) is 2.98. The van der Waals surface area contributed by atoms with Crippen LogP contribution in [-0.2, 0) is 0 Å². The second-order valence-corrected chi connectivity index (χ2v) is 2.48. The molecule has 0 heterocycles. The van der Waals surface area contributed by atoms with E-state index in [1.165, 1.54) is 0 Å². The zero-order chi connectivity index (χ0) is 11.6. The third kappa shape index (κ3) is 2.48. The SMILES string of the molecule is Nc1cc([N+](=O)[O-])cc(F)c1OC(F)F. The Balaban J connectivity index is 3.15. The minimum absolute atomic E-state index is 0.452. The van der Waals surface area contributed by atoms with E-state index in [-0.39, 0.29) is 0 Å². The lowest BCUT2D eigenvalue weighted by atomic mass is 10.2. The second-order valence-electron chi connectivity index (χ2n) is 2.48. The molecule has 0 aliphatic rings. The van der Waals surface area contributed by atoms with Crippen LogP contribution in [0.5, 0.6) is 5.75 Å². The normalized spacial score (nSPS) is 10.4. The molecule has 0 unspecified atom stereocenters. The van der Waals surface area contributed by atoms with Gasteiger partial charge in [-0.05, 0) is 0 Å². The number of hydrogen-bond acceptors (Lipinski definition) is 4. The van der Waals surface area contributed by atoms with Crippen molar-refractivity contribution in [2.45, 2.75) is 6.61 Å². The number of nitro benzene ring substituents is 1. The quantitative estimate of drug-likeness (QED) is 0.481. The van der Waals surface area contributed by atoms with Crippen LogP contribution in [0.4, 0.5) is 24.5 Å². The maximum Gasteiger partial charge on any atom is 0.387 e. The number of nitro groups is 1. The lowest BCUT2D eigenvalue weighted by molar-refractivity contribution is -0.385. The Bertz CT molecular complexity index is 374. The van der Waals surface area contributed by atoms with Gasteiger partial charge in [-0.1, -0.05) is 0 Å². The number of nitrogens with two attached hydrogens (primary N) is 1. The molecule has 1 rings (SSSR count). The minimum atomic E-state index is -3.25. The molecule has 5 nitrogen and oxygen atoms in total. The molecule has 15 heavy (non-hydrogen) atoms. The number of ether oxygens (including phenoxy) is 1. The summed E-state index contributed by atoms with van der Waals surface area (Å²) in [5, 5.41) is 10.2. The van der Waals surface area contributed by atoms with E-state index in [1.54, 1.807) is 0 Å². The van der Waals surface area contributed by atoms with Crippen LogP contribution in [0.2, 0.25) is 0 Å². The van der Waals surface area contributed by atoms with Crippen LogP contribution in [-0.4, -0.2) is 11.5 Å². The van der Waals surface area contributed by atoms with Crippen LogP contribution in [0.1, 0.15) is 0 Å². The van der Waals surface area contributed by atoms with E-state index >= 15 is 0 Å². The summed E-state index contributed by atoms with van der Waals surface area (Å²) in [4.78, 5) is 9.34. The van der Waals surface area contributed by atoms with Crippen molar-refractivity contribution in [3.05, 3.63) is 28.1 Å². The summed E-state index contributed by atoms with van der Waals surface area (Å²) in [6.45, 7) is -3.25. The van der Waals surface area contributed by atoms with Crippen LogP contribution >= 0.6 is 0 Å². The van der Waals surface area contributed by atoms with Crippen LogP contribution < -0.4 is 10.5 Å². The molecule has 0 saturated heterocycles. The van der Waals surface area contributed by atoms with Gasteiger partial charge < -0.3 is 10.5 Å². The molecule has 0 radical (unpaired) electrons. The fourth-order valence-corrected chi connectivity index (χ4v) is 0.919. The van der Waals surface area contributed by atoms with Crippen molar-refractivity contribution in [3.63, 3.8) is 0 Å². The summed E-state index contributed by atoms with van der Waals surface area (Å²) in [5.41, 5.74) is 3.92. The highest BCUT2D eigenvalue weighted by atomic mass is 19.3. The zero-order valence-corrected chi connectivity index (χ0v) is 7.12. The first kappa shape index (κ1) is 11.1. The van der Waals surface area contributed by atoms with E-state index in [9.17, 15) is 23.3 Å². The first-order valence-corrected chi connectivity index (χ1v) is 3.60. The minimum Gasteiger partial charge on any atom is -0.429 e. The molecule has 0 saturated carbocycles. The molecule has 8 heteroatoms. The molecule has 2 N–H and O–H groups in total. The molecule has 0 bridgehead atoms. The van der Waals surface area contributed by atoms with Crippen LogP contribution in [0.3, 0.4) is 0 Å². The van der Waals surface area contributed by atoms with Crippen molar-refractivity contribution >= 4 is 11.4 Å². The average Bonchev–Trinajstić information content (AvgIpc) is 2.10. The first-order valence-electron chi connectivity index (χ1n) is 3.60. The van der Waals surface area contributed by atoms with Crippen LogP contribution in [0.25, 0.3) is 0 Å². The Labute approximate surface area is 81.4 Å². The third-order valence-electron chi connectivity index (χ3n) is 1.47. The van der Waals surface area contributed by atoms with Gasteiger partial charge in [-0.25, -0.2) is 4.39 Å². The summed E-state index contributed by atoms with van der Waals surface area (Å²) in [7, 11) is 0. The number of halogens is 3. The largest absolute Gasteiger partial charge is 0.429 e. The maximum absolute atomic E-state index is 13.0. The van der Waals surface area contributed by atoms with E-state index in [4.69, 9.17) is 5.73 Å². The molecule has 1 aromatic rings. The van der Waals surface area contributed by atoms with Gasteiger partial charge in [-0.15, -0.1) is 0 Å². The fraction of sp³-hybridized carbons (Fsp3) is 0.143. The topological polar surface area (TPSA) is 78.4 Å². The Morgan fingerprint density at radius 1 is 1.47 bits per heavy atom. The number of benzene rings is 1. The van der Waals surface area contributed by atoms with Gasteiger partial charge in [0.2, 0.25) is 0 Å².